The quantitative estimate of drug-likeness (QED) is 0.831. The number of nitrogens with zero attached hydrogens (tertiary/aromatic N) is 3. The maximum absolute atomic E-state index is 5.72. The Morgan fingerprint density at radius 3 is 2.94 bits per heavy atom. The highest BCUT2D eigenvalue weighted by Crippen LogP contribution is 2.36. The molecule has 0 radical (unpaired) electrons. The van der Waals surface area contributed by atoms with Gasteiger partial charge in [0.05, 0.1) is 0 Å². The molecule has 2 aromatic rings. The third-order valence-corrected chi connectivity index (χ3v) is 3.57. The Labute approximate surface area is 94.5 Å². The van der Waals surface area contributed by atoms with Crippen molar-refractivity contribution in [2.45, 2.75) is 31.7 Å². The fourth-order valence-corrected chi connectivity index (χ4v) is 2.34. The lowest BCUT2D eigenvalue weighted by molar-refractivity contribution is 0.394. The second-order valence-electron chi connectivity index (χ2n) is 4.50. The Bertz CT molecular complexity index is 525. The first kappa shape index (κ1) is 9.78. The van der Waals surface area contributed by atoms with Crippen LogP contribution in [0.25, 0.3) is 11.2 Å². The fraction of sp³-hybridized carbons (Fsp3) is 0.500. The summed E-state index contributed by atoms with van der Waals surface area (Å²) in [4.78, 5) is 9.12. The molecule has 1 aliphatic carbocycles. The van der Waals surface area contributed by atoms with E-state index in [1.807, 2.05) is 12.3 Å². The van der Waals surface area contributed by atoms with Crippen molar-refractivity contribution in [1.82, 2.24) is 14.5 Å². The van der Waals surface area contributed by atoms with Gasteiger partial charge in [0.15, 0.2) is 5.65 Å². The average molecular weight is 216 g/mol. The van der Waals surface area contributed by atoms with Gasteiger partial charge in [-0.15, -0.1) is 0 Å². The molecule has 2 aromatic heterocycles. The van der Waals surface area contributed by atoms with E-state index in [0.717, 1.165) is 16.7 Å². The van der Waals surface area contributed by atoms with Crippen molar-refractivity contribution in [1.29, 1.82) is 0 Å². The summed E-state index contributed by atoms with van der Waals surface area (Å²) in [5, 5.41) is 0. The molecule has 0 aliphatic heterocycles. The molecule has 0 saturated heterocycles. The molecule has 4 heteroatoms. The summed E-state index contributed by atoms with van der Waals surface area (Å²) in [5.74, 6) is 1.81. The molecule has 0 spiro atoms. The maximum atomic E-state index is 5.72. The van der Waals surface area contributed by atoms with Crippen molar-refractivity contribution in [3.63, 3.8) is 0 Å². The number of pyridine rings is 1. The van der Waals surface area contributed by atoms with Crippen LogP contribution in [0.15, 0.2) is 12.3 Å². The van der Waals surface area contributed by atoms with E-state index in [4.69, 9.17) is 10.7 Å². The second-order valence-corrected chi connectivity index (χ2v) is 4.50. The van der Waals surface area contributed by atoms with E-state index in [1.54, 1.807) is 0 Å². The molecule has 4 nitrogen and oxygen atoms in total. The second kappa shape index (κ2) is 3.56. The number of hydrogen-bond donors (Lipinski definition) is 1. The molecule has 1 saturated carbocycles. The molecule has 0 unspecified atom stereocenters. The van der Waals surface area contributed by atoms with Gasteiger partial charge in [0, 0.05) is 25.7 Å². The van der Waals surface area contributed by atoms with Gasteiger partial charge in [-0.25, -0.2) is 9.97 Å². The SMILES string of the molecule is Cn1c(C2CCC2)nc2c(CN)ccnc21. The van der Waals surface area contributed by atoms with E-state index in [-0.39, 0.29) is 0 Å². The van der Waals surface area contributed by atoms with E-state index < -0.39 is 0 Å². The summed E-state index contributed by atoms with van der Waals surface area (Å²) in [7, 11) is 2.05. The van der Waals surface area contributed by atoms with E-state index >= 15 is 0 Å². The predicted octanol–water partition coefficient (Wildman–Crippen LogP) is 1.69. The third-order valence-electron chi connectivity index (χ3n) is 3.57. The first-order valence-electron chi connectivity index (χ1n) is 5.81. The molecular formula is C12H16N4. The van der Waals surface area contributed by atoms with E-state index in [2.05, 4.69) is 16.6 Å². The van der Waals surface area contributed by atoms with Crippen molar-refractivity contribution in [3.8, 4) is 0 Å². The molecule has 0 atom stereocenters. The van der Waals surface area contributed by atoms with Crippen molar-refractivity contribution in [2.24, 2.45) is 12.8 Å². The first-order valence-corrected chi connectivity index (χ1v) is 5.81. The number of imidazole rings is 1. The van der Waals surface area contributed by atoms with Crippen LogP contribution in [0, 0.1) is 0 Å². The van der Waals surface area contributed by atoms with Crippen LogP contribution in [0.3, 0.4) is 0 Å². The van der Waals surface area contributed by atoms with Crippen LogP contribution in [0.1, 0.15) is 36.6 Å². The van der Waals surface area contributed by atoms with Crippen LogP contribution in [0.5, 0.6) is 0 Å². The summed E-state index contributed by atoms with van der Waals surface area (Å²) < 4.78 is 2.12. The fourth-order valence-electron chi connectivity index (χ4n) is 2.34. The normalized spacial score (nSPS) is 16.6. The zero-order valence-corrected chi connectivity index (χ0v) is 9.48. The highest BCUT2D eigenvalue weighted by Gasteiger charge is 2.25. The lowest BCUT2D eigenvalue weighted by Gasteiger charge is -2.24. The van der Waals surface area contributed by atoms with Gasteiger partial charge in [0.25, 0.3) is 0 Å². The number of aromatic nitrogens is 3. The summed E-state index contributed by atoms with van der Waals surface area (Å²) in [6, 6.07) is 1.96. The largest absolute Gasteiger partial charge is 0.326 e. The molecule has 1 aliphatic rings. The third kappa shape index (κ3) is 1.26. The Morgan fingerprint density at radius 2 is 2.31 bits per heavy atom. The molecule has 16 heavy (non-hydrogen) atoms. The van der Waals surface area contributed by atoms with Crippen molar-refractivity contribution in [3.05, 3.63) is 23.7 Å². The molecule has 0 bridgehead atoms. The zero-order valence-electron chi connectivity index (χ0n) is 9.48. The lowest BCUT2D eigenvalue weighted by atomic mass is 9.85. The Morgan fingerprint density at radius 1 is 1.50 bits per heavy atom. The summed E-state index contributed by atoms with van der Waals surface area (Å²) in [6.07, 6.45) is 5.66. The summed E-state index contributed by atoms with van der Waals surface area (Å²) in [6.45, 7) is 0.528. The number of fused-ring (bicyclic) bond motifs is 1. The van der Waals surface area contributed by atoms with Gasteiger partial charge in [-0.05, 0) is 24.5 Å². The minimum absolute atomic E-state index is 0.528. The molecule has 0 aromatic carbocycles. The van der Waals surface area contributed by atoms with E-state index in [9.17, 15) is 0 Å². The number of nitrogens with two attached hydrogens (primary N) is 1. The molecule has 84 valence electrons. The lowest BCUT2D eigenvalue weighted by Crippen LogP contribution is -2.13. The number of rotatable bonds is 2. The van der Waals surface area contributed by atoms with Crippen LogP contribution in [-0.2, 0) is 13.6 Å². The predicted molar refractivity (Wildman–Crippen MR) is 63.0 cm³/mol. The highest BCUT2D eigenvalue weighted by molar-refractivity contribution is 5.75. The van der Waals surface area contributed by atoms with Gasteiger partial charge in [0.1, 0.15) is 11.3 Å². The van der Waals surface area contributed by atoms with Crippen LogP contribution in [0.2, 0.25) is 0 Å². The monoisotopic (exact) mass is 216 g/mol. The Balaban J connectivity index is 2.20. The standard InChI is InChI=1S/C12H16N4/c1-16-11(8-3-2-4-8)15-10-9(7-13)5-6-14-12(10)16/h5-6,8H,2-4,7,13H2,1H3. The number of hydrogen-bond acceptors (Lipinski definition) is 3. The van der Waals surface area contributed by atoms with Crippen LogP contribution >= 0.6 is 0 Å². The smallest absolute Gasteiger partial charge is 0.160 e. The Kier molecular flexibility index (Phi) is 2.17. The van der Waals surface area contributed by atoms with Gasteiger partial charge < -0.3 is 10.3 Å². The minimum Gasteiger partial charge on any atom is -0.326 e. The Hall–Kier alpha value is -1.42. The van der Waals surface area contributed by atoms with Crippen molar-refractivity contribution < 1.29 is 0 Å². The van der Waals surface area contributed by atoms with Gasteiger partial charge in [-0.2, -0.15) is 0 Å². The molecule has 0 amide bonds. The minimum atomic E-state index is 0.528. The van der Waals surface area contributed by atoms with Crippen LogP contribution in [0.4, 0.5) is 0 Å². The van der Waals surface area contributed by atoms with Crippen molar-refractivity contribution >= 4 is 11.2 Å². The van der Waals surface area contributed by atoms with Gasteiger partial charge in [-0.1, -0.05) is 6.42 Å². The number of aryl methyl sites for hydroxylation is 1. The highest BCUT2D eigenvalue weighted by atomic mass is 15.1. The van der Waals surface area contributed by atoms with Crippen LogP contribution < -0.4 is 5.73 Å². The average Bonchev–Trinajstić information content (AvgIpc) is 2.55. The van der Waals surface area contributed by atoms with Gasteiger partial charge >= 0.3 is 0 Å². The van der Waals surface area contributed by atoms with Gasteiger partial charge in [0.2, 0.25) is 0 Å². The van der Waals surface area contributed by atoms with Gasteiger partial charge in [-0.3, -0.25) is 0 Å². The first-order chi connectivity index (χ1) is 7.81. The molecular weight excluding hydrogens is 200 g/mol. The molecule has 1 fully saturated rings. The topological polar surface area (TPSA) is 56.7 Å². The zero-order chi connectivity index (χ0) is 11.1. The summed E-state index contributed by atoms with van der Waals surface area (Å²) >= 11 is 0. The molecule has 2 N–H and O–H groups in total. The van der Waals surface area contributed by atoms with E-state index in [1.165, 1.54) is 25.1 Å². The maximum Gasteiger partial charge on any atom is 0.160 e. The summed E-state index contributed by atoms with van der Waals surface area (Å²) in [5.41, 5.74) is 8.75. The molecule has 3 rings (SSSR count). The van der Waals surface area contributed by atoms with E-state index in [0.29, 0.717) is 12.5 Å². The molecule has 2 heterocycles. The van der Waals surface area contributed by atoms with Crippen molar-refractivity contribution in [2.75, 3.05) is 0 Å². The van der Waals surface area contributed by atoms with Crippen LogP contribution in [-0.4, -0.2) is 14.5 Å².